The molecule has 0 aromatic heterocycles. The Hall–Kier alpha value is -2.09. The fourth-order valence-electron chi connectivity index (χ4n) is 2.97. The first kappa shape index (κ1) is 19.2. The van der Waals surface area contributed by atoms with Crippen molar-refractivity contribution in [2.45, 2.75) is 37.4 Å². The molecule has 1 aromatic rings. The molecule has 2 N–H and O–H groups in total. The average Bonchev–Trinajstić information content (AvgIpc) is 3.26. The molecule has 25 heavy (non-hydrogen) atoms. The lowest BCUT2D eigenvalue weighted by Gasteiger charge is -2.28. The Balaban J connectivity index is 2.05. The van der Waals surface area contributed by atoms with Crippen LogP contribution in [0.25, 0.3) is 0 Å². The van der Waals surface area contributed by atoms with Crippen LogP contribution in [-0.2, 0) is 20.5 Å². The number of carbonyl (C=O) groups is 2. The van der Waals surface area contributed by atoms with Crippen molar-refractivity contribution >= 4 is 11.9 Å². The second-order valence-electron chi connectivity index (χ2n) is 6.63. The van der Waals surface area contributed by atoms with Crippen LogP contribution in [0, 0.1) is 5.92 Å². The SMILES string of the molecule is COCC(C)(CC(=O)O)NC(=O)C1CC1c1cccc(C(F)(F)F)c1. The van der Waals surface area contributed by atoms with E-state index in [0.29, 0.717) is 12.0 Å². The molecular weight excluding hydrogens is 339 g/mol. The molecule has 0 bridgehead atoms. The quantitative estimate of drug-likeness (QED) is 0.785. The van der Waals surface area contributed by atoms with Crippen molar-refractivity contribution in [3.8, 4) is 0 Å². The van der Waals surface area contributed by atoms with E-state index in [9.17, 15) is 22.8 Å². The van der Waals surface area contributed by atoms with Gasteiger partial charge in [-0.15, -0.1) is 0 Å². The zero-order chi connectivity index (χ0) is 18.8. The highest BCUT2D eigenvalue weighted by Gasteiger charge is 2.46. The first-order chi connectivity index (χ1) is 11.6. The number of rotatable bonds is 7. The minimum absolute atomic E-state index is 0.0198. The molecule has 1 fully saturated rings. The number of nitrogens with one attached hydrogen (secondary N) is 1. The van der Waals surface area contributed by atoms with Crippen molar-refractivity contribution in [2.75, 3.05) is 13.7 Å². The van der Waals surface area contributed by atoms with Crippen molar-refractivity contribution in [1.82, 2.24) is 5.32 Å². The van der Waals surface area contributed by atoms with E-state index in [1.807, 2.05) is 0 Å². The number of methoxy groups -OCH3 is 1. The predicted octanol–water partition coefficient (Wildman–Crippen LogP) is 2.80. The number of carbonyl (C=O) groups excluding carboxylic acids is 1. The van der Waals surface area contributed by atoms with Gasteiger partial charge in [0.15, 0.2) is 0 Å². The highest BCUT2D eigenvalue weighted by atomic mass is 19.4. The zero-order valence-electron chi connectivity index (χ0n) is 13.9. The Morgan fingerprint density at radius 3 is 2.60 bits per heavy atom. The molecule has 5 nitrogen and oxygen atoms in total. The molecule has 0 heterocycles. The lowest BCUT2D eigenvalue weighted by molar-refractivity contribution is -0.140. The maximum Gasteiger partial charge on any atom is 0.416 e. The van der Waals surface area contributed by atoms with Crippen LogP contribution in [0.4, 0.5) is 13.2 Å². The van der Waals surface area contributed by atoms with E-state index in [4.69, 9.17) is 9.84 Å². The van der Waals surface area contributed by atoms with Crippen LogP contribution < -0.4 is 5.32 Å². The van der Waals surface area contributed by atoms with Gasteiger partial charge in [0.25, 0.3) is 0 Å². The third-order valence-corrected chi connectivity index (χ3v) is 4.20. The Morgan fingerprint density at radius 1 is 1.36 bits per heavy atom. The summed E-state index contributed by atoms with van der Waals surface area (Å²) in [5.41, 5.74) is -1.36. The molecule has 1 amide bonds. The zero-order valence-corrected chi connectivity index (χ0v) is 13.9. The Morgan fingerprint density at radius 2 is 2.04 bits per heavy atom. The molecule has 3 unspecified atom stereocenters. The van der Waals surface area contributed by atoms with Gasteiger partial charge in [0.1, 0.15) is 0 Å². The molecule has 1 aromatic carbocycles. The van der Waals surface area contributed by atoms with Crippen LogP contribution in [0.5, 0.6) is 0 Å². The van der Waals surface area contributed by atoms with Crippen molar-refractivity contribution in [3.05, 3.63) is 35.4 Å². The Bertz CT molecular complexity index is 662. The van der Waals surface area contributed by atoms with Crippen LogP contribution in [0.1, 0.15) is 36.8 Å². The van der Waals surface area contributed by atoms with Gasteiger partial charge in [0.2, 0.25) is 5.91 Å². The maximum absolute atomic E-state index is 12.8. The molecule has 0 radical (unpaired) electrons. The lowest BCUT2D eigenvalue weighted by Crippen LogP contribution is -2.51. The summed E-state index contributed by atoms with van der Waals surface area (Å²) in [5.74, 6) is -2.21. The topological polar surface area (TPSA) is 75.6 Å². The molecular formula is C17H20F3NO4. The second kappa shape index (κ2) is 7.03. The minimum atomic E-state index is -4.43. The average molecular weight is 359 g/mol. The van der Waals surface area contributed by atoms with Gasteiger partial charge < -0.3 is 15.2 Å². The molecule has 3 atom stereocenters. The molecule has 0 aliphatic heterocycles. The van der Waals surface area contributed by atoms with Crippen LogP contribution in [0.15, 0.2) is 24.3 Å². The number of alkyl halides is 3. The number of carboxylic acids is 1. The normalized spacial score (nSPS) is 22.1. The lowest BCUT2D eigenvalue weighted by atomic mass is 9.98. The third-order valence-electron chi connectivity index (χ3n) is 4.20. The van der Waals surface area contributed by atoms with Gasteiger partial charge in [-0.05, 0) is 30.9 Å². The van der Waals surface area contributed by atoms with Crippen molar-refractivity contribution in [1.29, 1.82) is 0 Å². The molecule has 138 valence electrons. The summed E-state index contributed by atoms with van der Waals surface area (Å²) < 4.78 is 43.3. The van der Waals surface area contributed by atoms with Crippen molar-refractivity contribution < 1.29 is 32.6 Å². The summed E-state index contributed by atoms with van der Waals surface area (Å²) in [6.07, 6.45) is -4.31. The molecule has 1 saturated carbocycles. The maximum atomic E-state index is 12.8. The van der Waals surface area contributed by atoms with Crippen LogP contribution in [0.3, 0.4) is 0 Å². The first-order valence-corrected chi connectivity index (χ1v) is 7.75. The van der Waals surface area contributed by atoms with E-state index < -0.39 is 29.2 Å². The fraction of sp³-hybridized carbons (Fsp3) is 0.529. The van der Waals surface area contributed by atoms with Gasteiger partial charge in [-0.25, -0.2) is 0 Å². The van der Waals surface area contributed by atoms with E-state index >= 15 is 0 Å². The summed E-state index contributed by atoms with van der Waals surface area (Å²) in [5, 5.41) is 11.6. The largest absolute Gasteiger partial charge is 0.481 e. The van der Waals surface area contributed by atoms with Gasteiger partial charge in [-0.2, -0.15) is 13.2 Å². The van der Waals surface area contributed by atoms with E-state index in [0.717, 1.165) is 12.1 Å². The number of hydrogen-bond acceptors (Lipinski definition) is 3. The van der Waals surface area contributed by atoms with Crippen LogP contribution in [-0.4, -0.2) is 36.2 Å². The number of aliphatic carboxylic acids is 1. The number of carboxylic acid groups (broad SMARTS) is 1. The number of halogens is 3. The molecule has 1 aliphatic carbocycles. The highest BCUT2D eigenvalue weighted by Crippen LogP contribution is 2.48. The summed E-state index contributed by atoms with van der Waals surface area (Å²) in [6, 6.07) is 4.94. The van der Waals surface area contributed by atoms with Gasteiger partial charge in [0, 0.05) is 13.0 Å². The minimum Gasteiger partial charge on any atom is -0.481 e. The van der Waals surface area contributed by atoms with E-state index in [-0.39, 0.29) is 24.9 Å². The monoisotopic (exact) mass is 359 g/mol. The third kappa shape index (κ3) is 4.94. The fourth-order valence-corrected chi connectivity index (χ4v) is 2.97. The first-order valence-electron chi connectivity index (χ1n) is 7.75. The standard InChI is InChI=1S/C17H20F3NO4/c1-16(9-25-2,8-14(22)23)21-15(24)13-7-12(13)10-4-3-5-11(6-10)17(18,19)20/h3-6,12-13H,7-9H2,1-2H3,(H,21,24)(H,22,23). The highest BCUT2D eigenvalue weighted by molar-refractivity contribution is 5.84. The molecule has 0 saturated heterocycles. The Kier molecular flexibility index (Phi) is 5.41. The summed E-state index contributed by atoms with van der Waals surface area (Å²) in [6.45, 7) is 1.58. The van der Waals surface area contributed by atoms with Gasteiger partial charge >= 0.3 is 12.1 Å². The number of benzene rings is 1. The molecule has 1 aliphatic rings. The predicted molar refractivity (Wildman–Crippen MR) is 83.0 cm³/mol. The number of amides is 1. The summed E-state index contributed by atoms with van der Waals surface area (Å²) >= 11 is 0. The van der Waals surface area contributed by atoms with E-state index in [2.05, 4.69) is 5.32 Å². The van der Waals surface area contributed by atoms with Gasteiger partial charge in [-0.1, -0.05) is 18.2 Å². The van der Waals surface area contributed by atoms with Gasteiger partial charge in [0.05, 0.1) is 24.1 Å². The molecule has 0 spiro atoms. The second-order valence-corrected chi connectivity index (χ2v) is 6.63. The van der Waals surface area contributed by atoms with Crippen molar-refractivity contribution in [3.63, 3.8) is 0 Å². The summed E-state index contributed by atoms with van der Waals surface area (Å²) in [7, 11) is 1.40. The Labute approximate surface area is 143 Å². The number of ether oxygens (including phenoxy) is 1. The van der Waals surface area contributed by atoms with Gasteiger partial charge in [-0.3, -0.25) is 9.59 Å². The van der Waals surface area contributed by atoms with Crippen LogP contribution in [0.2, 0.25) is 0 Å². The van der Waals surface area contributed by atoms with Crippen molar-refractivity contribution in [2.24, 2.45) is 5.92 Å². The summed E-state index contributed by atoms with van der Waals surface area (Å²) in [4.78, 5) is 23.3. The van der Waals surface area contributed by atoms with E-state index in [1.54, 1.807) is 13.0 Å². The molecule has 8 heteroatoms. The number of hydrogen-bond donors (Lipinski definition) is 2. The smallest absolute Gasteiger partial charge is 0.416 e. The van der Waals surface area contributed by atoms with E-state index in [1.165, 1.54) is 13.2 Å². The van der Waals surface area contributed by atoms with Crippen LogP contribution >= 0.6 is 0 Å². The molecule has 2 rings (SSSR count).